The Balaban J connectivity index is 1.69. The van der Waals surface area contributed by atoms with Gasteiger partial charge in [0.05, 0.1) is 5.57 Å². The van der Waals surface area contributed by atoms with Crippen LogP contribution in [-0.2, 0) is 22.3 Å². The number of benzene rings is 1. The van der Waals surface area contributed by atoms with Gasteiger partial charge in [0.2, 0.25) is 0 Å². The van der Waals surface area contributed by atoms with Crippen LogP contribution in [0.2, 0.25) is 0 Å². The Morgan fingerprint density at radius 2 is 1.31 bits per heavy atom. The number of rotatable bonds is 21. The molecule has 3 heterocycles. The van der Waals surface area contributed by atoms with Crippen LogP contribution in [0.4, 0.5) is 0 Å². The minimum atomic E-state index is -1.98. The van der Waals surface area contributed by atoms with E-state index in [1.807, 2.05) is 0 Å². The van der Waals surface area contributed by atoms with E-state index < -0.39 is 6.82 Å². The molecule has 0 unspecified atom stereocenters. The second-order valence-corrected chi connectivity index (χ2v) is 17.8. The van der Waals surface area contributed by atoms with Crippen molar-refractivity contribution in [3.05, 3.63) is 74.8 Å². The summed E-state index contributed by atoms with van der Waals surface area (Å²) in [7, 11) is 3.60. The molecule has 1 aromatic heterocycles. The van der Waals surface area contributed by atoms with Crippen LogP contribution in [0.1, 0.15) is 81.6 Å². The minimum absolute atomic E-state index is 0.970. The Bertz CT molecular complexity index is 1460. The van der Waals surface area contributed by atoms with Gasteiger partial charge in [-0.25, -0.2) is 0 Å². The van der Waals surface area contributed by atoms with Crippen molar-refractivity contribution < 1.29 is 13.8 Å². The van der Waals surface area contributed by atoms with Gasteiger partial charge in [-0.15, -0.1) is 0 Å². The van der Waals surface area contributed by atoms with Crippen LogP contribution in [0.5, 0.6) is 0 Å². The van der Waals surface area contributed by atoms with Crippen LogP contribution in [0.15, 0.2) is 41.1 Å². The number of thioether (sulfide) groups is 4. The molecule has 48 heavy (non-hydrogen) atoms. The van der Waals surface area contributed by atoms with Crippen molar-refractivity contribution in [3.8, 4) is 0 Å². The fourth-order valence-corrected chi connectivity index (χ4v) is 11.4. The number of nitrogens with zero attached hydrogens (tertiary/aromatic N) is 3. The molecule has 2 aromatic rings. The Morgan fingerprint density at radius 1 is 0.750 bits per heavy atom. The normalized spacial score (nSPS) is 15.7. The largest absolute Gasteiger partial charge is 0.665 e. The third kappa shape index (κ3) is 8.21. The minimum Gasteiger partial charge on any atom is -0.486 e. The Morgan fingerprint density at radius 3 is 1.81 bits per heavy atom. The Labute approximate surface area is 309 Å². The zero-order valence-electron chi connectivity index (χ0n) is 31.4. The SMILES string of the molecule is CCSCCSCCN(CCSCCSCC)Cc1ccc(C2=C3C(C)=C(CC)C(C)=[N+]3[B-](OC)(OC)n3c(C)c(CC)c(C)c32)cc1. The van der Waals surface area contributed by atoms with Gasteiger partial charge in [0.15, 0.2) is 5.70 Å². The molecule has 0 radical (unpaired) electrons. The molecular weight excluding hydrogens is 670 g/mol. The lowest BCUT2D eigenvalue weighted by molar-refractivity contribution is -0.382. The standard InChI is InChI=1S/C38H60BN3O2S4/c1-11-34-28(5)37-36(38-29(6)35(12-2)31(8)42(38)39(43-9,44-10)41(37)30(34)7)33-17-15-32(16-18-33)27-40(19-21-47-25-23-45-13-3)20-22-48-26-24-46-14-4/h15-18H,11-14,19-27H2,1-10H3. The first-order valence-electron chi connectivity index (χ1n) is 17.9. The van der Waals surface area contributed by atoms with E-state index in [-0.39, 0.29) is 0 Å². The monoisotopic (exact) mass is 729 g/mol. The molecule has 1 aromatic carbocycles. The molecular formula is C38H60BN3O2S4. The van der Waals surface area contributed by atoms with Crippen molar-refractivity contribution in [2.45, 2.75) is 74.8 Å². The zero-order valence-corrected chi connectivity index (χ0v) is 34.6. The molecule has 0 aliphatic carbocycles. The first kappa shape index (κ1) is 39.8. The summed E-state index contributed by atoms with van der Waals surface area (Å²) in [5.74, 6) is 9.84. The highest BCUT2D eigenvalue weighted by Gasteiger charge is 2.56. The van der Waals surface area contributed by atoms with Gasteiger partial charge in [0.1, 0.15) is 5.71 Å². The van der Waals surface area contributed by atoms with Gasteiger partial charge < -0.3 is 18.3 Å². The van der Waals surface area contributed by atoms with Crippen molar-refractivity contribution in [1.82, 2.24) is 9.38 Å². The third-order valence-corrected chi connectivity index (χ3v) is 14.3. The van der Waals surface area contributed by atoms with Gasteiger partial charge in [0.25, 0.3) is 0 Å². The molecule has 0 spiro atoms. The zero-order chi connectivity index (χ0) is 34.8. The molecule has 0 saturated carbocycles. The van der Waals surface area contributed by atoms with Crippen LogP contribution < -0.4 is 0 Å². The summed E-state index contributed by atoms with van der Waals surface area (Å²) in [6.07, 6.45) is 1.94. The molecule has 0 saturated heterocycles. The van der Waals surface area contributed by atoms with Crippen LogP contribution in [0.3, 0.4) is 0 Å². The second-order valence-electron chi connectivity index (χ2n) is 12.6. The molecule has 2 aliphatic rings. The summed E-state index contributed by atoms with van der Waals surface area (Å²) >= 11 is 8.31. The number of hydrogen-bond donors (Lipinski definition) is 0. The summed E-state index contributed by atoms with van der Waals surface area (Å²) < 4.78 is 17.7. The Hall–Kier alpha value is -1.01. The lowest BCUT2D eigenvalue weighted by Crippen LogP contribution is -2.62. The van der Waals surface area contributed by atoms with Crippen molar-refractivity contribution in [2.75, 3.05) is 73.3 Å². The molecule has 0 atom stereocenters. The van der Waals surface area contributed by atoms with Gasteiger partial charge in [-0.05, 0) is 87.3 Å². The smallest absolute Gasteiger partial charge is 0.486 e. The highest BCUT2D eigenvalue weighted by Crippen LogP contribution is 2.46. The van der Waals surface area contributed by atoms with Gasteiger partial charge in [-0.3, -0.25) is 4.90 Å². The quantitative estimate of drug-likeness (QED) is 0.0937. The average molecular weight is 730 g/mol. The lowest BCUT2D eigenvalue weighted by atomic mass is 9.78. The summed E-state index contributed by atoms with van der Waals surface area (Å²) in [4.78, 5) is 2.68. The Kier molecular flexibility index (Phi) is 15.8. The first-order valence-corrected chi connectivity index (χ1v) is 22.5. The molecule has 0 bridgehead atoms. The third-order valence-electron chi connectivity index (χ3n) is 10.0. The molecule has 0 N–H and O–H groups in total. The summed E-state index contributed by atoms with van der Waals surface area (Å²) in [6, 6.07) is 9.48. The molecule has 0 fully saturated rings. The van der Waals surface area contributed by atoms with Crippen LogP contribution >= 0.6 is 47.0 Å². The number of allylic oxidation sites excluding steroid dienone is 2. The molecule has 10 heteroatoms. The molecule has 266 valence electrons. The van der Waals surface area contributed by atoms with Crippen molar-refractivity contribution in [1.29, 1.82) is 0 Å². The maximum Gasteiger partial charge on any atom is 0.665 e. The van der Waals surface area contributed by atoms with E-state index in [1.165, 1.54) is 108 Å². The summed E-state index contributed by atoms with van der Waals surface area (Å²) in [5.41, 5.74) is 14.3. The fraction of sp³-hybridized carbons (Fsp3) is 0.605. The van der Waals surface area contributed by atoms with Crippen molar-refractivity contribution in [3.63, 3.8) is 0 Å². The summed E-state index contributed by atoms with van der Waals surface area (Å²) in [6.45, 7) is 19.4. The van der Waals surface area contributed by atoms with E-state index in [9.17, 15) is 0 Å². The van der Waals surface area contributed by atoms with E-state index in [4.69, 9.17) is 9.31 Å². The predicted octanol–water partition coefficient (Wildman–Crippen LogP) is 9.00. The van der Waals surface area contributed by atoms with Crippen molar-refractivity contribution >= 4 is 65.2 Å². The molecule has 4 rings (SSSR count). The van der Waals surface area contributed by atoms with E-state index in [0.717, 1.165) is 32.5 Å². The number of fused-ring (bicyclic) bond motifs is 2. The predicted molar refractivity (Wildman–Crippen MR) is 221 cm³/mol. The van der Waals surface area contributed by atoms with Crippen molar-refractivity contribution in [2.24, 2.45) is 0 Å². The van der Waals surface area contributed by atoms with E-state index in [1.54, 1.807) is 14.2 Å². The van der Waals surface area contributed by atoms with Gasteiger partial charge >= 0.3 is 6.82 Å². The van der Waals surface area contributed by atoms with E-state index >= 15 is 0 Å². The number of hydrogen-bond acceptors (Lipinski definition) is 7. The highest BCUT2D eigenvalue weighted by atomic mass is 32.2. The maximum absolute atomic E-state index is 6.48. The summed E-state index contributed by atoms with van der Waals surface area (Å²) in [5, 5.41) is 0. The maximum atomic E-state index is 6.48. The fourth-order valence-electron chi connectivity index (χ4n) is 7.73. The lowest BCUT2D eigenvalue weighted by Gasteiger charge is -2.42. The second kappa shape index (κ2) is 19.0. The first-order chi connectivity index (χ1) is 23.3. The van der Waals surface area contributed by atoms with Gasteiger partial charge in [-0.2, -0.15) is 47.0 Å². The topological polar surface area (TPSA) is 29.6 Å². The van der Waals surface area contributed by atoms with Crippen LogP contribution in [0, 0.1) is 13.8 Å². The molecule has 0 amide bonds. The molecule has 5 nitrogen and oxygen atoms in total. The van der Waals surface area contributed by atoms with Crippen LogP contribution in [0.25, 0.3) is 5.57 Å². The number of aromatic nitrogens is 1. The van der Waals surface area contributed by atoms with Gasteiger partial charge in [-0.1, -0.05) is 52.0 Å². The van der Waals surface area contributed by atoms with Crippen LogP contribution in [-0.4, -0.2) is 99.7 Å². The van der Waals surface area contributed by atoms with Gasteiger partial charge in [0, 0.05) is 77.9 Å². The highest BCUT2D eigenvalue weighted by molar-refractivity contribution is 8.03. The van der Waals surface area contributed by atoms with E-state index in [2.05, 4.69) is 141 Å². The van der Waals surface area contributed by atoms with E-state index in [0.29, 0.717) is 0 Å². The average Bonchev–Trinajstić information content (AvgIpc) is 3.51. The molecule has 2 aliphatic heterocycles.